The van der Waals surface area contributed by atoms with E-state index >= 15 is 0 Å². The highest BCUT2D eigenvalue weighted by molar-refractivity contribution is 7.99. The van der Waals surface area contributed by atoms with E-state index in [4.69, 9.17) is 16.3 Å². The van der Waals surface area contributed by atoms with Crippen molar-refractivity contribution in [2.45, 2.75) is 38.2 Å². The van der Waals surface area contributed by atoms with E-state index in [1.54, 1.807) is 12.3 Å². The van der Waals surface area contributed by atoms with E-state index < -0.39 is 11.0 Å². The Morgan fingerprint density at radius 3 is 2.81 bits per heavy atom. The molecule has 1 atom stereocenters. The number of carbonyl (C=O) groups is 1. The Morgan fingerprint density at radius 1 is 1.44 bits per heavy atom. The number of nitrogens with one attached hydrogen (secondary N) is 1. The van der Waals surface area contributed by atoms with E-state index in [1.807, 2.05) is 32.2 Å². The van der Waals surface area contributed by atoms with E-state index in [0.29, 0.717) is 16.3 Å². The molecule has 0 spiro atoms. The number of halogens is 1. The molecule has 0 bridgehead atoms. The standard InChI is InChI=1S/C19H24ClN3O3S/c1-6-12-7-13-8-14(9-15(20)16(13)21-10-12)26-18(27-5)17(24)23-19(2,3)11-22-25-4/h7-11,18H,6H2,1-5H3,(H,23,24)/b22-11+. The molecule has 1 amide bonds. The molecule has 1 heterocycles. The second-order valence-corrected chi connectivity index (χ2v) is 7.79. The lowest BCUT2D eigenvalue weighted by Gasteiger charge is -2.24. The summed E-state index contributed by atoms with van der Waals surface area (Å²) in [6, 6.07) is 5.55. The van der Waals surface area contributed by atoms with Crippen LogP contribution in [0.1, 0.15) is 26.3 Å². The fraction of sp³-hybridized carbons (Fsp3) is 0.421. The number of oxime groups is 1. The van der Waals surface area contributed by atoms with Gasteiger partial charge in [0.1, 0.15) is 12.9 Å². The molecule has 8 heteroatoms. The van der Waals surface area contributed by atoms with Crippen LogP contribution >= 0.6 is 23.4 Å². The van der Waals surface area contributed by atoms with Crippen LogP contribution in [0, 0.1) is 0 Å². The van der Waals surface area contributed by atoms with Gasteiger partial charge in [-0.25, -0.2) is 0 Å². The van der Waals surface area contributed by atoms with Crippen molar-refractivity contribution >= 4 is 46.4 Å². The van der Waals surface area contributed by atoms with Gasteiger partial charge in [-0.15, -0.1) is 11.8 Å². The Kier molecular flexibility index (Phi) is 7.33. The number of benzene rings is 1. The number of aromatic nitrogens is 1. The molecule has 2 aromatic rings. The smallest absolute Gasteiger partial charge is 0.272 e. The van der Waals surface area contributed by atoms with Gasteiger partial charge in [-0.2, -0.15) is 0 Å². The molecule has 2 rings (SSSR count). The number of hydrogen-bond acceptors (Lipinski definition) is 6. The molecule has 1 aromatic carbocycles. The van der Waals surface area contributed by atoms with Crippen molar-refractivity contribution in [3.05, 3.63) is 35.0 Å². The number of rotatable bonds is 8. The molecule has 27 heavy (non-hydrogen) atoms. The van der Waals surface area contributed by atoms with Gasteiger partial charge in [-0.3, -0.25) is 9.78 Å². The summed E-state index contributed by atoms with van der Waals surface area (Å²) in [6.07, 6.45) is 6.02. The second-order valence-electron chi connectivity index (χ2n) is 6.49. The summed E-state index contributed by atoms with van der Waals surface area (Å²) in [5.41, 5.74) is 0.402. The molecule has 0 saturated carbocycles. The zero-order valence-electron chi connectivity index (χ0n) is 16.1. The monoisotopic (exact) mass is 409 g/mol. The second kappa shape index (κ2) is 9.28. The van der Waals surface area contributed by atoms with Crippen LogP contribution in [-0.2, 0) is 16.1 Å². The average Bonchev–Trinajstić information content (AvgIpc) is 2.63. The topological polar surface area (TPSA) is 72.8 Å². The fourth-order valence-electron chi connectivity index (χ4n) is 2.41. The Morgan fingerprint density at radius 2 is 2.19 bits per heavy atom. The number of thioether (sulfide) groups is 1. The van der Waals surface area contributed by atoms with E-state index in [-0.39, 0.29) is 5.91 Å². The van der Waals surface area contributed by atoms with Crippen LogP contribution in [0.2, 0.25) is 5.02 Å². The summed E-state index contributed by atoms with van der Waals surface area (Å²) in [4.78, 5) is 21.7. The van der Waals surface area contributed by atoms with Gasteiger partial charge < -0.3 is 14.9 Å². The number of amides is 1. The highest BCUT2D eigenvalue weighted by atomic mass is 35.5. The van der Waals surface area contributed by atoms with Crippen LogP contribution in [0.3, 0.4) is 0 Å². The lowest BCUT2D eigenvalue weighted by molar-refractivity contribution is -0.125. The first-order chi connectivity index (χ1) is 12.8. The number of ether oxygens (including phenoxy) is 1. The summed E-state index contributed by atoms with van der Waals surface area (Å²) in [5.74, 6) is 0.243. The molecule has 0 aliphatic carbocycles. The van der Waals surface area contributed by atoms with Crippen LogP contribution in [0.5, 0.6) is 5.75 Å². The van der Waals surface area contributed by atoms with Crippen LogP contribution < -0.4 is 10.1 Å². The molecule has 0 aliphatic heterocycles. The Balaban J connectivity index is 2.22. The number of hydrogen-bond donors (Lipinski definition) is 1. The Hall–Kier alpha value is -1.99. The maximum absolute atomic E-state index is 12.6. The summed E-state index contributed by atoms with van der Waals surface area (Å²) in [5, 5.41) is 7.95. The largest absolute Gasteiger partial charge is 0.470 e. The first-order valence-corrected chi connectivity index (χ1v) is 10.1. The van der Waals surface area contributed by atoms with Crippen molar-refractivity contribution in [1.29, 1.82) is 0 Å². The van der Waals surface area contributed by atoms with Crippen molar-refractivity contribution in [2.24, 2.45) is 5.16 Å². The predicted octanol–water partition coefficient (Wildman–Crippen LogP) is 4.05. The predicted molar refractivity (Wildman–Crippen MR) is 112 cm³/mol. The number of pyridine rings is 1. The quantitative estimate of drug-likeness (QED) is 0.404. The molecular weight excluding hydrogens is 386 g/mol. The molecule has 146 valence electrons. The first-order valence-electron chi connectivity index (χ1n) is 8.47. The third kappa shape index (κ3) is 5.74. The lowest BCUT2D eigenvalue weighted by Crippen LogP contribution is -2.49. The summed E-state index contributed by atoms with van der Waals surface area (Å²) >= 11 is 7.63. The van der Waals surface area contributed by atoms with Crippen molar-refractivity contribution < 1.29 is 14.4 Å². The number of fused-ring (bicyclic) bond motifs is 1. The van der Waals surface area contributed by atoms with Gasteiger partial charge in [-0.1, -0.05) is 23.7 Å². The van der Waals surface area contributed by atoms with Gasteiger partial charge in [0.15, 0.2) is 0 Å². The molecule has 1 unspecified atom stereocenters. The van der Waals surface area contributed by atoms with Crippen molar-refractivity contribution in [1.82, 2.24) is 10.3 Å². The highest BCUT2D eigenvalue weighted by Gasteiger charge is 2.26. The minimum Gasteiger partial charge on any atom is -0.470 e. The van der Waals surface area contributed by atoms with Gasteiger partial charge in [0.25, 0.3) is 5.91 Å². The van der Waals surface area contributed by atoms with Crippen molar-refractivity contribution in [3.8, 4) is 5.75 Å². The van der Waals surface area contributed by atoms with Crippen LogP contribution in [0.15, 0.2) is 29.6 Å². The zero-order valence-corrected chi connectivity index (χ0v) is 17.6. The molecule has 6 nitrogen and oxygen atoms in total. The first kappa shape index (κ1) is 21.3. The normalized spacial score (nSPS) is 13.0. The third-order valence-electron chi connectivity index (χ3n) is 3.77. The fourth-order valence-corrected chi connectivity index (χ4v) is 3.16. The van der Waals surface area contributed by atoms with Gasteiger partial charge >= 0.3 is 0 Å². The Bertz CT molecular complexity index is 842. The van der Waals surface area contributed by atoms with Crippen LogP contribution in [0.4, 0.5) is 0 Å². The highest BCUT2D eigenvalue weighted by Crippen LogP contribution is 2.30. The molecule has 0 fully saturated rings. The molecule has 1 N–H and O–H groups in total. The lowest BCUT2D eigenvalue weighted by atomic mass is 10.1. The van der Waals surface area contributed by atoms with E-state index in [0.717, 1.165) is 17.4 Å². The number of aryl methyl sites for hydroxylation is 1. The van der Waals surface area contributed by atoms with E-state index in [1.165, 1.54) is 25.1 Å². The average molecular weight is 410 g/mol. The van der Waals surface area contributed by atoms with Gasteiger partial charge in [0.2, 0.25) is 5.44 Å². The third-order valence-corrected chi connectivity index (χ3v) is 4.80. The maximum atomic E-state index is 12.6. The zero-order chi connectivity index (χ0) is 20.0. The number of carbonyl (C=O) groups excluding carboxylic acids is 1. The molecule has 0 saturated heterocycles. The molecule has 0 radical (unpaired) electrons. The minimum atomic E-state index is -0.740. The summed E-state index contributed by atoms with van der Waals surface area (Å²) < 4.78 is 5.90. The summed E-state index contributed by atoms with van der Waals surface area (Å²) in [6.45, 7) is 5.69. The van der Waals surface area contributed by atoms with Gasteiger partial charge in [-0.05, 0) is 44.2 Å². The Labute approximate surface area is 168 Å². The maximum Gasteiger partial charge on any atom is 0.272 e. The molecule has 1 aromatic heterocycles. The van der Waals surface area contributed by atoms with Gasteiger partial charge in [0, 0.05) is 17.6 Å². The van der Waals surface area contributed by atoms with Gasteiger partial charge in [0.05, 0.1) is 22.3 Å². The van der Waals surface area contributed by atoms with Crippen molar-refractivity contribution in [2.75, 3.05) is 13.4 Å². The van der Waals surface area contributed by atoms with Crippen molar-refractivity contribution in [3.63, 3.8) is 0 Å². The molecular formula is C19H24ClN3O3S. The molecule has 0 aliphatic rings. The SMILES string of the molecule is CCc1cnc2c(Cl)cc(OC(SC)C(=O)NC(C)(C)/C=N/OC)cc2c1. The minimum absolute atomic E-state index is 0.272. The van der Waals surface area contributed by atoms with E-state index in [2.05, 4.69) is 27.2 Å². The number of nitrogens with zero attached hydrogens (tertiary/aromatic N) is 2. The van der Waals surface area contributed by atoms with Crippen LogP contribution in [-0.4, -0.2) is 41.4 Å². The summed E-state index contributed by atoms with van der Waals surface area (Å²) in [7, 11) is 1.45. The van der Waals surface area contributed by atoms with Crippen LogP contribution in [0.25, 0.3) is 10.9 Å². The van der Waals surface area contributed by atoms with E-state index in [9.17, 15) is 4.79 Å².